The van der Waals surface area contributed by atoms with Gasteiger partial charge in [0, 0.05) is 16.7 Å². The normalized spacial score (nSPS) is 12.6. The summed E-state index contributed by atoms with van der Waals surface area (Å²) in [5.41, 5.74) is 7.36. The van der Waals surface area contributed by atoms with E-state index >= 15 is 0 Å². The molecule has 0 amide bonds. The van der Waals surface area contributed by atoms with E-state index in [2.05, 4.69) is 60.7 Å². The molecule has 0 aliphatic rings. The summed E-state index contributed by atoms with van der Waals surface area (Å²) in [5.74, 6) is 1.65. The first kappa shape index (κ1) is 24.4. The molecule has 0 radical (unpaired) electrons. The number of nitrogens with zero attached hydrogens (tertiary/aromatic N) is 3. The lowest BCUT2D eigenvalue weighted by atomic mass is 9.91. The average Bonchev–Trinajstić information content (AvgIpc) is 3.25. The van der Waals surface area contributed by atoms with E-state index in [1.165, 1.54) is 10.8 Å². The van der Waals surface area contributed by atoms with Gasteiger partial charge in [0.2, 0.25) is 0 Å². The van der Waals surface area contributed by atoms with Crippen LogP contribution in [0, 0.1) is 0 Å². The predicted octanol–water partition coefficient (Wildman–Crippen LogP) is 12.2. The molecule has 0 bridgehead atoms. The third-order valence-electron chi connectivity index (χ3n) is 9.01. The quantitative estimate of drug-likeness (QED) is 0.181. The minimum absolute atomic E-state index is 0.179. The van der Waals surface area contributed by atoms with Crippen molar-refractivity contribution in [3.63, 3.8) is 0 Å². The maximum atomic E-state index is 8.64. The standard InChI is InChI=1S/C47H31N3/c1-3-14-32(15-4-1)41-28-29-42(44-26-10-9-25-43(41)44)36-21-12-23-38(31-36)47-49-45(34-17-5-2-6-18-34)48-46(50-47)37-22-11-20-35(30-37)40-27-13-19-33-16-7-8-24-39(33)40/h1-31H/i1D,3D,4D,14D,15D. The highest BCUT2D eigenvalue weighted by molar-refractivity contribution is 6.05. The van der Waals surface area contributed by atoms with Crippen molar-refractivity contribution in [2.75, 3.05) is 0 Å². The van der Waals surface area contributed by atoms with E-state index < -0.39 is 6.04 Å². The highest BCUT2D eigenvalue weighted by Gasteiger charge is 2.15. The number of aromatic nitrogens is 3. The second-order valence-corrected chi connectivity index (χ2v) is 12.1. The smallest absolute Gasteiger partial charge is 0.164 e. The molecular weight excluding hydrogens is 607 g/mol. The predicted molar refractivity (Wildman–Crippen MR) is 207 cm³/mol. The van der Waals surface area contributed by atoms with Gasteiger partial charge in [-0.05, 0) is 67.1 Å². The average molecular weight is 643 g/mol. The topological polar surface area (TPSA) is 38.7 Å². The van der Waals surface area contributed by atoms with Crippen LogP contribution in [0.15, 0.2) is 188 Å². The Kier molecular flexibility index (Phi) is 6.22. The Labute approximate surface area is 298 Å². The van der Waals surface area contributed by atoms with Gasteiger partial charge in [0.15, 0.2) is 17.5 Å². The molecule has 8 aromatic carbocycles. The zero-order valence-corrected chi connectivity index (χ0v) is 26.9. The Hall–Kier alpha value is -6.71. The largest absolute Gasteiger partial charge is 0.208 e. The molecule has 0 fully saturated rings. The molecule has 0 aliphatic carbocycles. The van der Waals surface area contributed by atoms with Gasteiger partial charge in [-0.2, -0.15) is 0 Å². The van der Waals surface area contributed by atoms with Gasteiger partial charge in [0.1, 0.15) is 0 Å². The van der Waals surface area contributed by atoms with Crippen molar-refractivity contribution in [1.29, 1.82) is 0 Å². The maximum Gasteiger partial charge on any atom is 0.164 e. The molecule has 0 spiro atoms. The lowest BCUT2D eigenvalue weighted by Crippen LogP contribution is -2.00. The molecule has 0 saturated carbocycles. The molecule has 234 valence electrons. The Morgan fingerprint density at radius 1 is 0.320 bits per heavy atom. The Morgan fingerprint density at radius 3 is 1.40 bits per heavy atom. The van der Waals surface area contributed by atoms with E-state index in [0.29, 0.717) is 23.0 Å². The summed E-state index contributed by atoms with van der Waals surface area (Å²) in [6.45, 7) is 0. The monoisotopic (exact) mass is 642 g/mol. The van der Waals surface area contributed by atoms with Crippen molar-refractivity contribution in [3.05, 3.63) is 188 Å². The SMILES string of the molecule is [2H]c1c([2H])c([2H])c(-c2ccc(-c3cccc(-c4nc(-c5ccccc5)nc(-c5cccc(-c6cccc7ccccc67)c5)n4)c3)c3ccccc23)c([2H])c1[2H]. The summed E-state index contributed by atoms with van der Waals surface area (Å²) in [7, 11) is 0. The van der Waals surface area contributed by atoms with Crippen molar-refractivity contribution in [2.24, 2.45) is 0 Å². The van der Waals surface area contributed by atoms with Crippen molar-refractivity contribution in [3.8, 4) is 67.5 Å². The van der Waals surface area contributed by atoms with Gasteiger partial charge in [-0.1, -0.05) is 176 Å². The van der Waals surface area contributed by atoms with E-state index in [-0.39, 0.29) is 29.7 Å². The van der Waals surface area contributed by atoms with Crippen LogP contribution in [0.2, 0.25) is 0 Å². The first-order valence-electron chi connectivity index (χ1n) is 19.0. The van der Waals surface area contributed by atoms with Crippen molar-refractivity contribution >= 4 is 21.5 Å². The second-order valence-electron chi connectivity index (χ2n) is 12.1. The number of hydrogen-bond acceptors (Lipinski definition) is 3. The van der Waals surface area contributed by atoms with Crippen LogP contribution in [0.5, 0.6) is 0 Å². The van der Waals surface area contributed by atoms with Crippen molar-refractivity contribution in [2.45, 2.75) is 0 Å². The van der Waals surface area contributed by atoms with Crippen LogP contribution in [0.25, 0.3) is 89.1 Å². The van der Waals surface area contributed by atoms with Gasteiger partial charge >= 0.3 is 0 Å². The summed E-state index contributed by atoms with van der Waals surface area (Å²) >= 11 is 0. The van der Waals surface area contributed by atoms with Crippen LogP contribution in [0.4, 0.5) is 0 Å². The molecule has 0 saturated heterocycles. The van der Waals surface area contributed by atoms with Crippen LogP contribution >= 0.6 is 0 Å². The first-order chi connectivity index (χ1) is 26.9. The fraction of sp³-hybridized carbons (Fsp3) is 0. The molecule has 0 atom stereocenters. The Balaban J connectivity index is 1.18. The van der Waals surface area contributed by atoms with Crippen LogP contribution < -0.4 is 0 Å². The van der Waals surface area contributed by atoms with Gasteiger partial charge < -0.3 is 0 Å². The van der Waals surface area contributed by atoms with E-state index in [1.54, 1.807) is 0 Å². The first-order valence-corrected chi connectivity index (χ1v) is 16.5. The molecule has 0 unspecified atom stereocenters. The van der Waals surface area contributed by atoms with Crippen LogP contribution in [0.1, 0.15) is 6.85 Å². The fourth-order valence-corrected chi connectivity index (χ4v) is 6.63. The third-order valence-corrected chi connectivity index (χ3v) is 9.01. The van der Waals surface area contributed by atoms with Crippen LogP contribution in [-0.2, 0) is 0 Å². The van der Waals surface area contributed by atoms with Gasteiger partial charge in [-0.25, -0.2) is 15.0 Å². The molecule has 1 heterocycles. The molecule has 0 N–H and O–H groups in total. The minimum atomic E-state index is -0.411. The summed E-state index contributed by atoms with van der Waals surface area (Å²) in [6, 6.07) is 51.0. The maximum absolute atomic E-state index is 8.64. The van der Waals surface area contributed by atoms with E-state index in [4.69, 9.17) is 21.8 Å². The summed E-state index contributed by atoms with van der Waals surface area (Å²) in [6.07, 6.45) is 0. The van der Waals surface area contributed by atoms with E-state index in [0.717, 1.165) is 49.7 Å². The van der Waals surface area contributed by atoms with Gasteiger partial charge in [-0.15, -0.1) is 0 Å². The lowest BCUT2D eigenvalue weighted by Gasteiger charge is -2.13. The molecule has 9 rings (SSSR count). The molecule has 9 aromatic rings. The number of hydrogen-bond donors (Lipinski definition) is 0. The van der Waals surface area contributed by atoms with Gasteiger partial charge in [-0.3, -0.25) is 0 Å². The van der Waals surface area contributed by atoms with Gasteiger partial charge in [0.05, 0.1) is 6.85 Å². The van der Waals surface area contributed by atoms with Crippen molar-refractivity contribution < 1.29 is 6.85 Å². The second kappa shape index (κ2) is 12.7. The van der Waals surface area contributed by atoms with E-state index in [1.807, 2.05) is 97.1 Å². The van der Waals surface area contributed by atoms with Gasteiger partial charge in [0.25, 0.3) is 0 Å². The Morgan fingerprint density at radius 2 is 0.760 bits per heavy atom. The molecule has 3 nitrogen and oxygen atoms in total. The van der Waals surface area contributed by atoms with Crippen LogP contribution in [0.3, 0.4) is 0 Å². The fourth-order valence-electron chi connectivity index (χ4n) is 6.63. The highest BCUT2D eigenvalue weighted by atomic mass is 15.0. The summed E-state index contributed by atoms with van der Waals surface area (Å²) < 4.78 is 41.9. The number of benzene rings is 8. The highest BCUT2D eigenvalue weighted by Crippen LogP contribution is 2.37. The number of fused-ring (bicyclic) bond motifs is 2. The third kappa shape index (κ3) is 5.51. The Bertz CT molecular complexity index is 2910. The zero-order valence-electron chi connectivity index (χ0n) is 31.9. The lowest BCUT2D eigenvalue weighted by molar-refractivity contribution is 1.07. The minimum Gasteiger partial charge on any atom is -0.208 e. The zero-order chi connectivity index (χ0) is 37.6. The molecule has 0 aliphatic heterocycles. The molecular formula is C47H31N3. The van der Waals surface area contributed by atoms with Crippen molar-refractivity contribution in [1.82, 2.24) is 15.0 Å². The van der Waals surface area contributed by atoms with Crippen LogP contribution in [-0.4, -0.2) is 15.0 Å². The summed E-state index contributed by atoms with van der Waals surface area (Å²) in [4.78, 5) is 15.1. The number of rotatable bonds is 6. The van der Waals surface area contributed by atoms with E-state index in [9.17, 15) is 0 Å². The molecule has 50 heavy (non-hydrogen) atoms. The molecule has 1 aromatic heterocycles. The summed E-state index contributed by atoms with van der Waals surface area (Å²) in [5, 5.41) is 4.02. The molecule has 3 heteroatoms.